The minimum Gasteiger partial charge on any atom is -0.454 e. The molecule has 0 N–H and O–H groups in total. The Hall–Kier alpha value is -3.49. The van der Waals surface area contributed by atoms with Crippen LogP contribution in [0.5, 0.6) is 11.5 Å². The maximum Gasteiger partial charge on any atom is 0.315 e. The van der Waals surface area contributed by atoms with Crippen LogP contribution < -0.4 is 9.47 Å². The molecule has 0 bridgehead atoms. The van der Waals surface area contributed by atoms with Gasteiger partial charge >= 0.3 is 6.43 Å². The van der Waals surface area contributed by atoms with Crippen LogP contribution in [0, 0.1) is 0 Å². The second kappa shape index (κ2) is 7.64. The molecule has 5 rings (SSSR count). The largest absolute Gasteiger partial charge is 0.454 e. The summed E-state index contributed by atoms with van der Waals surface area (Å²) in [6.07, 6.45) is -2.18. The number of aromatic nitrogens is 2. The molecule has 2 aromatic carbocycles. The number of fused-ring (bicyclic) bond motifs is 1. The third kappa shape index (κ3) is 3.39. The van der Waals surface area contributed by atoms with Gasteiger partial charge in [0.25, 0.3) is 11.8 Å². The van der Waals surface area contributed by atoms with Crippen molar-refractivity contribution in [3.63, 3.8) is 0 Å². The van der Waals surface area contributed by atoms with Crippen LogP contribution >= 0.6 is 0 Å². The average Bonchev–Trinajstić information content (AvgIpc) is 3.48. The smallest absolute Gasteiger partial charge is 0.315 e. The van der Waals surface area contributed by atoms with Gasteiger partial charge in [-0.15, -0.1) is 0 Å². The van der Waals surface area contributed by atoms with Crippen molar-refractivity contribution in [2.75, 3.05) is 19.9 Å². The van der Waals surface area contributed by atoms with Gasteiger partial charge < -0.3 is 18.9 Å². The topological polar surface area (TPSA) is 77.7 Å². The highest BCUT2D eigenvalue weighted by Crippen LogP contribution is 2.42. The van der Waals surface area contributed by atoms with E-state index < -0.39 is 17.7 Å². The minimum atomic E-state index is -3.01. The standard InChI is InChI=1S/C22H19F2N3O4/c23-18(24)20(28)27-10-8-22(9-11-27,15-4-2-1-3-5-15)21-25-19(31-26-21)14-6-7-16-17(12-14)30-13-29-16/h1-7,12,18H,8-11,13H2. The zero-order chi connectivity index (χ0) is 21.4. The van der Waals surface area contributed by atoms with Crippen LogP contribution in [-0.2, 0) is 10.2 Å². The lowest BCUT2D eigenvalue weighted by atomic mass is 9.72. The highest BCUT2D eigenvalue weighted by Gasteiger charge is 2.43. The Kier molecular flexibility index (Phi) is 4.80. The monoisotopic (exact) mass is 427 g/mol. The maximum absolute atomic E-state index is 12.9. The fourth-order valence-electron chi connectivity index (χ4n) is 4.21. The second-order valence-electron chi connectivity index (χ2n) is 7.57. The van der Waals surface area contributed by atoms with Crippen molar-refractivity contribution >= 4 is 5.91 Å². The third-order valence-corrected chi connectivity index (χ3v) is 5.92. The number of rotatable bonds is 4. The first-order valence-corrected chi connectivity index (χ1v) is 9.93. The zero-order valence-corrected chi connectivity index (χ0v) is 16.5. The third-order valence-electron chi connectivity index (χ3n) is 5.92. The van der Waals surface area contributed by atoms with Gasteiger partial charge in [-0.1, -0.05) is 35.5 Å². The molecule has 0 saturated carbocycles. The van der Waals surface area contributed by atoms with Gasteiger partial charge in [0.15, 0.2) is 17.3 Å². The Morgan fingerprint density at radius 1 is 1.03 bits per heavy atom. The molecule has 1 fully saturated rings. The summed E-state index contributed by atoms with van der Waals surface area (Å²) < 4.78 is 42.1. The summed E-state index contributed by atoms with van der Waals surface area (Å²) in [5.74, 6) is 0.912. The molecular formula is C22H19F2N3O4. The van der Waals surface area contributed by atoms with Crippen LogP contribution in [0.15, 0.2) is 53.1 Å². The van der Waals surface area contributed by atoms with E-state index in [0.717, 1.165) is 5.56 Å². The summed E-state index contributed by atoms with van der Waals surface area (Å²) in [4.78, 5) is 17.6. The highest BCUT2D eigenvalue weighted by atomic mass is 19.3. The molecule has 0 atom stereocenters. The van der Waals surface area contributed by atoms with Gasteiger partial charge in [0.05, 0.1) is 5.41 Å². The average molecular weight is 427 g/mol. The number of nitrogens with zero attached hydrogens (tertiary/aromatic N) is 3. The Morgan fingerprint density at radius 2 is 1.77 bits per heavy atom. The first-order valence-electron chi connectivity index (χ1n) is 9.93. The van der Waals surface area contributed by atoms with E-state index in [1.54, 1.807) is 12.1 Å². The van der Waals surface area contributed by atoms with Gasteiger partial charge in [-0.3, -0.25) is 4.79 Å². The molecular weight excluding hydrogens is 408 g/mol. The summed E-state index contributed by atoms with van der Waals surface area (Å²) >= 11 is 0. The molecule has 9 heteroatoms. The van der Waals surface area contributed by atoms with E-state index in [0.29, 0.717) is 41.6 Å². The summed E-state index contributed by atoms with van der Waals surface area (Å²) in [7, 11) is 0. The van der Waals surface area contributed by atoms with Crippen molar-refractivity contribution < 1.29 is 27.6 Å². The lowest BCUT2D eigenvalue weighted by Gasteiger charge is -2.40. The molecule has 31 heavy (non-hydrogen) atoms. The Labute approximate surface area is 176 Å². The summed E-state index contributed by atoms with van der Waals surface area (Å²) in [5.41, 5.74) is 1.01. The van der Waals surface area contributed by atoms with E-state index in [4.69, 9.17) is 14.0 Å². The van der Waals surface area contributed by atoms with Crippen LogP contribution in [0.3, 0.4) is 0 Å². The quantitative estimate of drug-likeness (QED) is 0.633. The van der Waals surface area contributed by atoms with Crippen molar-refractivity contribution in [1.82, 2.24) is 15.0 Å². The molecule has 1 amide bonds. The van der Waals surface area contributed by atoms with E-state index in [1.165, 1.54) is 4.90 Å². The predicted molar refractivity (Wildman–Crippen MR) is 105 cm³/mol. The van der Waals surface area contributed by atoms with Crippen LogP contribution in [0.25, 0.3) is 11.5 Å². The van der Waals surface area contributed by atoms with Crippen LogP contribution in [0.1, 0.15) is 24.2 Å². The molecule has 0 unspecified atom stereocenters. The molecule has 160 valence electrons. The predicted octanol–water partition coefficient (Wildman–Crippen LogP) is 3.64. The van der Waals surface area contributed by atoms with Gasteiger partial charge in [0.2, 0.25) is 6.79 Å². The van der Waals surface area contributed by atoms with Crippen LogP contribution in [-0.4, -0.2) is 47.3 Å². The second-order valence-corrected chi connectivity index (χ2v) is 7.57. The van der Waals surface area contributed by atoms with Crippen molar-refractivity contribution in [2.24, 2.45) is 0 Å². The molecule has 3 aromatic rings. The molecule has 0 aliphatic carbocycles. The van der Waals surface area contributed by atoms with Gasteiger partial charge in [-0.2, -0.15) is 13.8 Å². The van der Waals surface area contributed by atoms with Crippen LogP contribution in [0.4, 0.5) is 8.78 Å². The van der Waals surface area contributed by atoms with Gasteiger partial charge in [0, 0.05) is 18.7 Å². The van der Waals surface area contributed by atoms with Crippen molar-refractivity contribution in [3.05, 3.63) is 59.9 Å². The highest BCUT2D eigenvalue weighted by molar-refractivity contribution is 5.79. The number of likely N-dealkylation sites (tertiary alicyclic amines) is 1. The molecule has 2 aliphatic heterocycles. The first-order chi connectivity index (χ1) is 15.1. The van der Waals surface area contributed by atoms with Gasteiger partial charge in [-0.05, 0) is 36.6 Å². The number of carbonyl (C=O) groups excluding carboxylic acids is 1. The fraction of sp³-hybridized carbons (Fsp3) is 0.318. The maximum atomic E-state index is 12.9. The van der Waals surface area contributed by atoms with Crippen LogP contribution in [0.2, 0.25) is 0 Å². The number of amides is 1. The summed E-state index contributed by atoms with van der Waals surface area (Å²) in [5, 5.41) is 4.25. The summed E-state index contributed by atoms with van der Waals surface area (Å²) in [6, 6.07) is 15.0. The number of hydrogen-bond donors (Lipinski definition) is 0. The number of piperidine rings is 1. The fourth-order valence-corrected chi connectivity index (χ4v) is 4.21. The molecule has 1 saturated heterocycles. The number of benzene rings is 2. The minimum absolute atomic E-state index is 0.166. The van der Waals surface area contributed by atoms with Crippen molar-refractivity contribution in [3.8, 4) is 23.0 Å². The van der Waals surface area contributed by atoms with E-state index in [-0.39, 0.29) is 19.9 Å². The first kappa shape index (κ1) is 19.5. The SMILES string of the molecule is O=C(C(F)F)N1CCC(c2ccccc2)(c2noc(-c3ccc4c(c3)OCO4)n2)CC1. The zero-order valence-electron chi connectivity index (χ0n) is 16.5. The van der Waals surface area contributed by atoms with E-state index in [2.05, 4.69) is 10.1 Å². The molecule has 2 aliphatic rings. The lowest BCUT2D eigenvalue weighted by Crippen LogP contribution is -2.47. The van der Waals surface area contributed by atoms with E-state index in [9.17, 15) is 13.6 Å². The molecule has 0 radical (unpaired) electrons. The number of hydrogen-bond acceptors (Lipinski definition) is 6. The van der Waals surface area contributed by atoms with Gasteiger partial charge in [-0.25, -0.2) is 0 Å². The molecule has 7 nitrogen and oxygen atoms in total. The molecule has 3 heterocycles. The number of carbonyl (C=O) groups is 1. The Balaban J connectivity index is 1.48. The van der Waals surface area contributed by atoms with Crippen molar-refractivity contribution in [1.29, 1.82) is 0 Å². The van der Waals surface area contributed by atoms with Gasteiger partial charge in [0.1, 0.15) is 0 Å². The normalized spacial score (nSPS) is 17.2. The van der Waals surface area contributed by atoms with E-state index in [1.807, 2.05) is 36.4 Å². The summed E-state index contributed by atoms with van der Waals surface area (Å²) in [6.45, 7) is 0.538. The van der Waals surface area contributed by atoms with E-state index >= 15 is 0 Å². The Bertz CT molecular complexity index is 1100. The lowest BCUT2D eigenvalue weighted by molar-refractivity contribution is -0.144. The number of ether oxygens (including phenoxy) is 2. The number of halogens is 2. The van der Waals surface area contributed by atoms with Crippen molar-refractivity contribution in [2.45, 2.75) is 24.7 Å². The molecule has 1 aromatic heterocycles. The number of alkyl halides is 2. The Morgan fingerprint density at radius 3 is 2.52 bits per heavy atom. The molecule has 0 spiro atoms.